The van der Waals surface area contributed by atoms with E-state index in [0.29, 0.717) is 18.8 Å². The number of piperidine rings is 1. The number of aromatic nitrogens is 1. The molecule has 0 radical (unpaired) electrons. The van der Waals surface area contributed by atoms with Crippen LogP contribution in [-0.4, -0.2) is 28.9 Å². The summed E-state index contributed by atoms with van der Waals surface area (Å²) < 4.78 is 13.0. The molecule has 3 nitrogen and oxygen atoms in total. The number of likely N-dealkylation sites (tertiary alicyclic amines) is 1. The maximum atomic E-state index is 13.0. The quantitative estimate of drug-likeness (QED) is 0.843. The van der Waals surface area contributed by atoms with Gasteiger partial charge in [-0.2, -0.15) is 0 Å². The summed E-state index contributed by atoms with van der Waals surface area (Å²) in [4.78, 5) is 18.8. The number of benzene rings is 1. The fourth-order valence-electron chi connectivity index (χ4n) is 2.96. The molecule has 0 spiro atoms. The molecular formula is C18H21FN2OS. The van der Waals surface area contributed by atoms with Gasteiger partial charge in [-0.1, -0.05) is 6.92 Å². The number of carbonyl (C=O) groups excluding carboxylic acids is 1. The molecule has 3 rings (SSSR count). The topological polar surface area (TPSA) is 33.2 Å². The van der Waals surface area contributed by atoms with Gasteiger partial charge in [0.15, 0.2) is 0 Å². The molecule has 5 heteroatoms. The van der Waals surface area contributed by atoms with Crippen LogP contribution in [0.2, 0.25) is 0 Å². The Bertz CT molecular complexity index is 668. The maximum Gasteiger partial charge on any atom is 0.222 e. The molecule has 122 valence electrons. The molecule has 2 aromatic rings. The van der Waals surface area contributed by atoms with Crippen molar-refractivity contribution >= 4 is 17.2 Å². The smallest absolute Gasteiger partial charge is 0.222 e. The second-order valence-corrected chi connectivity index (χ2v) is 7.10. The summed E-state index contributed by atoms with van der Waals surface area (Å²) in [6.07, 6.45) is 3.51. The van der Waals surface area contributed by atoms with Gasteiger partial charge in [-0.15, -0.1) is 11.3 Å². The van der Waals surface area contributed by atoms with Gasteiger partial charge in [0.2, 0.25) is 5.91 Å². The summed E-state index contributed by atoms with van der Waals surface area (Å²) in [7, 11) is 0. The summed E-state index contributed by atoms with van der Waals surface area (Å²) in [5, 5.41) is 2.86. The number of halogens is 1. The predicted octanol–water partition coefficient (Wildman–Crippen LogP) is 4.14. The van der Waals surface area contributed by atoms with E-state index in [1.807, 2.05) is 10.3 Å². The van der Waals surface area contributed by atoms with E-state index in [1.54, 1.807) is 12.1 Å². The van der Waals surface area contributed by atoms with Gasteiger partial charge in [-0.05, 0) is 49.4 Å². The third-order valence-corrected chi connectivity index (χ3v) is 5.19. The Labute approximate surface area is 140 Å². The number of carbonyl (C=O) groups is 1. The molecule has 0 saturated carbocycles. The lowest BCUT2D eigenvalue weighted by atomic mass is 10.00. The zero-order valence-corrected chi connectivity index (χ0v) is 14.1. The van der Waals surface area contributed by atoms with E-state index in [0.717, 1.165) is 35.8 Å². The molecule has 23 heavy (non-hydrogen) atoms. The monoisotopic (exact) mass is 332 g/mol. The van der Waals surface area contributed by atoms with Gasteiger partial charge < -0.3 is 4.90 Å². The molecule has 0 aliphatic carbocycles. The minimum atomic E-state index is -0.244. The maximum absolute atomic E-state index is 13.0. The predicted molar refractivity (Wildman–Crippen MR) is 90.8 cm³/mol. The minimum absolute atomic E-state index is 0.230. The molecule has 1 aliphatic rings. The highest BCUT2D eigenvalue weighted by Crippen LogP contribution is 2.24. The van der Waals surface area contributed by atoms with E-state index < -0.39 is 0 Å². The van der Waals surface area contributed by atoms with Gasteiger partial charge in [0.05, 0.1) is 5.69 Å². The van der Waals surface area contributed by atoms with Gasteiger partial charge in [0.25, 0.3) is 0 Å². The highest BCUT2D eigenvalue weighted by molar-refractivity contribution is 7.13. The molecule has 1 atom stereocenters. The Balaban J connectivity index is 1.56. The Morgan fingerprint density at radius 1 is 1.39 bits per heavy atom. The van der Waals surface area contributed by atoms with E-state index in [2.05, 4.69) is 11.9 Å². The number of amides is 1. The molecule has 1 aromatic carbocycles. The SMILES string of the molecule is CC1CCCN(C(=O)CCc2csc(-c3ccc(F)cc3)n2)C1. The average molecular weight is 332 g/mol. The van der Waals surface area contributed by atoms with E-state index in [1.165, 1.54) is 29.9 Å². The van der Waals surface area contributed by atoms with Gasteiger partial charge in [-0.25, -0.2) is 9.37 Å². The average Bonchev–Trinajstić information content (AvgIpc) is 3.02. The largest absolute Gasteiger partial charge is 0.342 e. The van der Waals surface area contributed by atoms with Crippen LogP contribution in [0.25, 0.3) is 10.6 Å². The second-order valence-electron chi connectivity index (χ2n) is 6.24. The summed E-state index contributed by atoms with van der Waals surface area (Å²) in [6, 6.07) is 6.35. The van der Waals surface area contributed by atoms with E-state index in [9.17, 15) is 9.18 Å². The third-order valence-electron chi connectivity index (χ3n) is 4.25. The fourth-order valence-corrected chi connectivity index (χ4v) is 3.82. The molecule has 0 N–H and O–H groups in total. The molecule has 1 unspecified atom stereocenters. The van der Waals surface area contributed by atoms with Crippen LogP contribution in [0.5, 0.6) is 0 Å². The van der Waals surface area contributed by atoms with Crippen molar-refractivity contribution in [1.29, 1.82) is 0 Å². The first-order valence-corrected chi connectivity index (χ1v) is 8.98. The summed E-state index contributed by atoms with van der Waals surface area (Å²) in [6.45, 7) is 3.98. The lowest BCUT2D eigenvalue weighted by molar-refractivity contribution is -0.132. The van der Waals surface area contributed by atoms with E-state index in [4.69, 9.17) is 0 Å². The van der Waals surface area contributed by atoms with Crippen LogP contribution in [0.15, 0.2) is 29.6 Å². The molecule has 1 saturated heterocycles. The second kappa shape index (κ2) is 7.21. The fraction of sp³-hybridized carbons (Fsp3) is 0.444. The van der Waals surface area contributed by atoms with Crippen molar-refractivity contribution in [2.45, 2.75) is 32.6 Å². The number of aryl methyl sites for hydroxylation is 1. The zero-order valence-electron chi connectivity index (χ0n) is 13.3. The van der Waals surface area contributed by atoms with Crippen LogP contribution in [0.4, 0.5) is 4.39 Å². The van der Waals surface area contributed by atoms with Crippen molar-refractivity contribution in [1.82, 2.24) is 9.88 Å². The van der Waals surface area contributed by atoms with Crippen molar-refractivity contribution < 1.29 is 9.18 Å². The van der Waals surface area contributed by atoms with Gasteiger partial charge in [-0.3, -0.25) is 4.79 Å². The molecule has 1 fully saturated rings. The van der Waals surface area contributed by atoms with Crippen molar-refractivity contribution in [3.8, 4) is 10.6 Å². The lowest BCUT2D eigenvalue weighted by Crippen LogP contribution is -2.39. The highest BCUT2D eigenvalue weighted by Gasteiger charge is 2.20. The minimum Gasteiger partial charge on any atom is -0.342 e. The normalized spacial score (nSPS) is 18.2. The van der Waals surface area contributed by atoms with Crippen LogP contribution in [0.1, 0.15) is 31.9 Å². The van der Waals surface area contributed by atoms with Crippen LogP contribution < -0.4 is 0 Å². The third kappa shape index (κ3) is 4.16. The molecule has 1 aromatic heterocycles. The van der Waals surface area contributed by atoms with Crippen LogP contribution in [0.3, 0.4) is 0 Å². The Kier molecular flexibility index (Phi) is 5.06. The van der Waals surface area contributed by atoms with Crippen molar-refractivity contribution in [2.75, 3.05) is 13.1 Å². The summed E-state index contributed by atoms with van der Waals surface area (Å²) >= 11 is 1.54. The van der Waals surface area contributed by atoms with Crippen LogP contribution in [0, 0.1) is 11.7 Å². The van der Waals surface area contributed by atoms with Gasteiger partial charge in [0, 0.05) is 30.5 Å². The van der Waals surface area contributed by atoms with Crippen molar-refractivity contribution in [3.63, 3.8) is 0 Å². The lowest BCUT2D eigenvalue weighted by Gasteiger charge is -2.31. The first-order chi connectivity index (χ1) is 11.1. The number of hydrogen-bond donors (Lipinski definition) is 0. The van der Waals surface area contributed by atoms with Crippen LogP contribution >= 0.6 is 11.3 Å². The molecule has 1 amide bonds. The van der Waals surface area contributed by atoms with E-state index in [-0.39, 0.29) is 11.7 Å². The number of thiazole rings is 1. The molecule has 2 heterocycles. The number of nitrogens with zero attached hydrogens (tertiary/aromatic N) is 2. The zero-order chi connectivity index (χ0) is 16.2. The highest BCUT2D eigenvalue weighted by atomic mass is 32.1. The first-order valence-electron chi connectivity index (χ1n) is 8.10. The standard InChI is InChI=1S/C18H21FN2OS/c1-13-3-2-10-21(11-13)17(22)9-8-16-12-23-18(20-16)14-4-6-15(19)7-5-14/h4-7,12-13H,2-3,8-11H2,1H3. The van der Waals surface area contributed by atoms with Crippen LogP contribution in [-0.2, 0) is 11.2 Å². The molecular weight excluding hydrogens is 311 g/mol. The molecule has 1 aliphatic heterocycles. The summed E-state index contributed by atoms with van der Waals surface area (Å²) in [5.74, 6) is 0.594. The van der Waals surface area contributed by atoms with Gasteiger partial charge >= 0.3 is 0 Å². The van der Waals surface area contributed by atoms with Gasteiger partial charge in [0.1, 0.15) is 10.8 Å². The summed E-state index contributed by atoms with van der Waals surface area (Å²) in [5.41, 5.74) is 1.85. The Morgan fingerprint density at radius 2 is 2.17 bits per heavy atom. The van der Waals surface area contributed by atoms with E-state index >= 15 is 0 Å². The van der Waals surface area contributed by atoms with Crippen molar-refractivity contribution in [2.24, 2.45) is 5.92 Å². The Hall–Kier alpha value is -1.75. The first kappa shape index (κ1) is 16.1. The molecule has 0 bridgehead atoms. The number of rotatable bonds is 4. The number of hydrogen-bond acceptors (Lipinski definition) is 3. The van der Waals surface area contributed by atoms with Crippen molar-refractivity contribution in [3.05, 3.63) is 41.2 Å². The Morgan fingerprint density at radius 3 is 2.91 bits per heavy atom.